The maximum Gasteiger partial charge on any atom is 0.0576 e. The number of para-hydroxylation sites is 1. The summed E-state index contributed by atoms with van der Waals surface area (Å²) in [5.41, 5.74) is 2.67. The molecule has 0 saturated heterocycles. The second kappa shape index (κ2) is 5.59. The third kappa shape index (κ3) is 2.06. The lowest BCUT2D eigenvalue weighted by Crippen LogP contribution is -2.07. The van der Waals surface area contributed by atoms with Crippen molar-refractivity contribution in [2.24, 2.45) is 0 Å². The second-order valence-electron chi connectivity index (χ2n) is 7.35. The van der Waals surface area contributed by atoms with Crippen LogP contribution in [0.5, 0.6) is 0 Å². The van der Waals surface area contributed by atoms with Gasteiger partial charge in [0.15, 0.2) is 0 Å². The summed E-state index contributed by atoms with van der Waals surface area (Å²) < 4.78 is 2.54. The maximum absolute atomic E-state index is 2.54. The number of hydrogen-bond donors (Lipinski definition) is 0. The second-order valence-corrected chi connectivity index (χ2v) is 7.35. The van der Waals surface area contributed by atoms with E-state index in [4.69, 9.17) is 0 Å². The molecule has 6 rings (SSSR count). The van der Waals surface area contributed by atoms with Crippen LogP contribution in [0.2, 0.25) is 0 Å². The Kier molecular flexibility index (Phi) is 3.06. The number of hydrogen-bond acceptors (Lipinski definition) is 0. The molecule has 128 valence electrons. The minimum absolute atomic E-state index is 0.356. The average Bonchev–Trinajstić information content (AvgIpc) is 3.09. The van der Waals surface area contributed by atoms with E-state index < -0.39 is 0 Å². The highest BCUT2D eigenvalue weighted by Gasteiger charge is 2.18. The number of rotatable bonds is 1. The Bertz CT molecular complexity index is 1400. The molecule has 0 radical (unpaired) electrons. The topological polar surface area (TPSA) is 4.93 Å². The van der Waals surface area contributed by atoms with Gasteiger partial charge in [-0.05, 0) is 28.6 Å². The van der Waals surface area contributed by atoms with Gasteiger partial charge in [-0.2, -0.15) is 0 Å². The van der Waals surface area contributed by atoms with E-state index in [2.05, 4.69) is 102 Å². The van der Waals surface area contributed by atoms with Crippen LogP contribution in [0.3, 0.4) is 0 Å². The molecule has 0 saturated carbocycles. The predicted molar refractivity (Wildman–Crippen MR) is 116 cm³/mol. The molecule has 0 spiro atoms. The standard InChI is InChI=1S/C26H19N/c1-2-9-19(10-3-1)27-25-13-7-6-12-22(25)24-17-16-21-20-11-5-4-8-18(20)14-15-23(21)26(24)27/h1-9,11-17,19H,10H2. The monoisotopic (exact) mass is 345 g/mol. The van der Waals surface area contributed by atoms with Crippen LogP contribution in [0, 0.1) is 0 Å². The van der Waals surface area contributed by atoms with Crippen molar-refractivity contribution in [3.63, 3.8) is 0 Å². The van der Waals surface area contributed by atoms with Gasteiger partial charge in [0.25, 0.3) is 0 Å². The lowest BCUT2D eigenvalue weighted by atomic mass is 9.99. The van der Waals surface area contributed by atoms with Gasteiger partial charge in [-0.25, -0.2) is 0 Å². The summed E-state index contributed by atoms with van der Waals surface area (Å²) in [6.07, 6.45) is 9.96. The molecule has 1 aromatic heterocycles. The summed E-state index contributed by atoms with van der Waals surface area (Å²) in [7, 11) is 0. The highest BCUT2D eigenvalue weighted by atomic mass is 15.0. The van der Waals surface area contributed by atoms with Gasteiger partial charge in [0.1, 0.15) is 0 Å². The Hall–Kier alpha value is -3.32. The van der Waals surface area contributed by atoms with E-state index in [1.54, 1.807) is 0 Å². The molecule has 0 N–H and O–H groups in total. The van der Waals surface area contributed by atoms with Crippen molar-refractivity contribution in [1.29, 1.82) is 0 Å². The molecule has 1 heteroatoms. The molecule has 1 aliphatic rings. The van der Waals surface area contributed by atoms with Crippen molar-refractivity contribution in [3.8, 4) is 0 Å². The summed E-state index contributed by atoms with van der Waals surface area (Å²) in [5.74, 6) is 0. The van der Waals surface area contributed by atoms with E-state index in [0.29, 0.717) is 6.04 Å². The molecule has 1 atom stereocenters. The minimum Gasteiger partial charge on any atom is -0.333 e. The molecule has 0 amide bonds. The van der Waals surface area contributed by atoms with E-state index in [0.717, 1.165) is 6.42 Å². The number of benzene rings is 4. The van der Waals surface area contributed by atoms with Crippen LogP contribution in [-0.2, 0) is 0 Å². The van der Waals surface area contributed by atoms with Crippen LogP contribution in [0.4, 0.5) is 0 Å². The molecule has 0 fully saturated rings. The van der Waals surface area contributed by atoms with E-state index in [9.17, 15) is 0 Å². The Morgan fingerprint density at radius 3 is 2.26 bits per heavy atom. The Morgan fingerprint density at radius 2 is 1.37 bits per heavy atom. The summed E-state index contributed by atoms with van der Waals surface area (Å²) >= 11 is 0. The van der Waals surface area contributed by atoms with Gasteiger partial charge >= 0.3 is 0 Å². The van der Waals surface area contributed by atoms with Gasteiger partial charge in [0.05, 0.1) is 11.6 Å². The average molecular weight is 345 g/mol. The molecule has 27 heavy (non-hydrogen) atoms. The van der Waals surface area contributed by atoms with Crippen LogP contribution in [0.25, 0.3) is 43.4 Å². The van der Waals surface area contributed by atoms with E-state index >= 15 is 0 Å². The fraction of sp³-hybridized carbons (Fsp3) is 0.0769. The molecule has 1 nitrogen and oxygen atoms in total. The third-order valence-corrected chi connectivity index (χ3v) is 5.88. The van der Waals surface area contributed by atoms with Crippen molar-refractivity contribution < 1.29 is 0 Å². The first-order valence-electron chi connectivity index (χ1n) is 9.58. The fourth-order valence-corrected chi connectivity index (χ4v) is 4.68. The lowest BCUT2D eigenvalue weighted by molar-refractivity contribution is 0.649. The van der Waals surface area contributed by atoms with E-state index in [1.165, 1.54) is 43.4 Å². The lowest BCUT2D eigenvalue weighted by Gasteiger charge is -2.19. The number of aromatic nitrogens is 1. The molecule has 5 aromatic rings. The molecule has 4 aromatic carbocycles. The van der Waals surface area contributed by atoms with Crippen LogP contribution < -0.4 is 0 Å². The van der Waals surface area contributed by atoms with Crippen LogP contribution >= 0.6 is 0 Å². The largest absolute Gasteiger partial charge is 0.333 e. The van der Waals surface area contributed by atoms with Crippen LogP contribution in [0.1, 0.15) is 12.5 Å². The Labute approximate surface area is 157 Å². The van der Waals surface area contributed by atoms with Gasteiger partial charge in [0.2, 0.25) is 0 Å². The normalized spacial score (nSPS) is 16.8. The first-order chi connectivity index (χ1) is 13.4. The molecule has 0 bridgehead atoms. The number of fused-ring (bicyclic) bond motifs is 7. The van der Waals surface area contributed by atoms with Crippen LogP contribution in [-0.4, -0.2) is 4.57 Å². The third-order valence-electron chi connectivity index (χ3n) is 5.88. The quantitative estimate of drug-likeness (QED) is 0.284. The summed E-state index contributed by atoms with van der Waals surface area (Å²) in [4.78, 5) is 0. The van der Waals surface area contributed by atoms with Gasteiger partial charge in [0, 0.05) is 21.7 Å². The molecule has 1 aliphatic carbocycles. The van der Waals surface area contributed by atoms with Crippen molar-refractivity contribution in [2.75, 3.05) is 0 Å². The zero-order chi connectivity index (χ0) is 17.8. The highest BCUT2D eigenvalue weighted by Crippen LogP contribution is 2.39. The minimum atomic E-state index is 0.356. The molecule has 0 aliphatic heterocycles. The number of nitrogens with zero attached hydrogens (tertiary/aromatic N) is 1. The first-order valence-corrected chi connectivity index (χ1v) is 9.58. The highest BCUT2D eigenvalue weighted by molar-refractivity contribution is 6.22. The summed E-state index contributed by atoms with van der Waals surface area (Å²) in [5, 5.41) is 7.98. The molecule has 1 heterocycles. The van der Waals surface area contributed by atoms with Crippen molar-refractivity contribution in [1.82, 2.24) is 4.57 Å². The smallest absolute Gasteiger partial charge is 0.0576 e. The van der Waals surface area contributed by atoms with Crippen molar-refractivity contribution >= 4 is 43.4 Å². The van der Waals surface area contributed by atoms with E-state index in [-0.39, 0.29) is 0 Å². The number of allylic oxidation sites excluding steroid dienone is 4. The molecular formula is C26H19N. The summed E-state index contributed by atoms with van der Waals surface area (Å²) in [6.45, 7) is 0. The Balaban J connectivity index is 1.84. The van der Waals surface area contributed by atoms with Crippen molar-refractivity contribution in [2.45, 2.75) is 12.5 Å². The first kappa shape index (κ1) is 14.8. The predicted octanol–water partition coefficient (Wildman–Crippen LogP) is 7.16. The van der Waals surface area contributed by atoms with Crippen molar-refractivity contribution in [3.05, 3.63) is 97.1 Å². The van der Waals surface area contributed by atoms with Gasteiger partial charge in [-0.3, -0.25) is 0 Å². The zero-order valence-electron chi connectivity index (χ0n) is 15.0. The van der Waals surface area contributed by atoms with Gasteiger partial charge < -0.3 is 4.57 Å². The zero-order valence-corrected chi connectivity index (χ0v) is 15.0. The fourth-order valence-electron chi connectivity index (χ4n) is 4.68. The van der Waals surface area contributed by atoms with Crippen LogP contribution in [0.15, 0.2) is 97.1 Å². The van der Waals surface area contributed by atoms with Gasteiger partial charge in [-0.15, -0.1) is 0 Å². The Morgan fingerprint density at radius 1 is 0.630 bits per heavy atom. The van der Waals surface area contributed by atoms with Gasteiger partial charge in [-0.1, -0.05) is 91.0 Å². The molecular weight excluding hydrogens is 326 g/mol. The van der Waals surface area contributed by atoms with E-state index in [1.807, 2.05) is 0 Å². The molecule has 1 unspecified atom stereocenters. The summed E-state index contributed by atoms with van der Waals surface area (Å²) in [6, 6.07) is 27.0. The maximum atomic E-state index is 2.54. The SMILES string of the molecule is C1=CCC(n2c3ccccc3c3ccc4c5ccccc5ccc4c32)C=C1.